The average Bonchev–Trinajstić information content (AvgIpc) is 2.56. The fraction of sp³-hybridized carbons (Fsp3) is 0.353. The first kappa shape index (κ1) is 17.0. The summed E-state index contributed by atoms with van der Waals surface area (Å²) in [7, 11) is 0. The smallest absolute Gasteiger partial charge is 0.227 e. The molecule has 0 N–H and O–H groups in total. The number of nitrogens with zero attached hydrogens (tertiary/aromatic N) is 4. The molecule has 1 fully saturated rings. The van der Waals surface area contributed by atoms with Gasteiger partial charge in [-0.15, -0.1) is 0 Å². The lowest BCUT2D eigenvalue weighted by Crippen LogP contribution is -2.49. The third-order valence-corrected chi connectivity index (χ3v) is 4.61. The number of hydrogen-bond donors (Lipinski definition) is 0. The van der Waals surface area contributed by atoms with Crippen LogP contribution in [0.25, 0.3) is 0 Å². The highest BCUT2D eigenvalue weighted by Crippen LogP contribution is 2.19. The van der Waals surface area contributed by atoms with Crippen LogP contribution in [0.2, 0.25) is 10.2 Å². The van der Waals surface area contributed by atoms with E-state index in [-0.39, 0.29) is 5.91 Å². The summed E-state index contributed by atoms with van der Waals surface area (Å²) in [6, 6.07) is 9.22. The zero-order valence-electron chi connectivity index (χ0n) is 13.4. The first-order chi connectivity index (χ1) is 11.5. The molecule has 3 rings (SSSR count). The van der Waals surface area contributed by atoms with E-state index < -0.39 is 0 Å². The van der Waals surface area contributed by atoms with Gasteiger partial charge in [-0.05, 0) is 18.6 Å². The van der Waals surface area contributed by atoms with Gasteiger partial charge in [0, 0.05) is 37.3 Å². The molecular weight excluding hydrogens is 347 g/mol. The van der Waals surface area contributed by atoms with Crippen LogP contribution in [0, 0.1) is 6.92 Å². The van der Waals surface area contributed by atoms with Gasteiger partial charge in [-0.1, -0.05) is 41.4 Å². The van der Waals surface area contributed by atoms with E-state index in [1.54, 1.807) is 6.07 Å². The minimum atomic E-state index is 0.0969. The number of carbonyl (C=O) groups is 1. The van der Waals surface area contributed by atoms with Crippen LogP contribution in [-0.4, -0.2) is 47.0 Å². The van der Waals surface area contributed by atoms with Gasteiger partial charge >= 0.3 is 0 Å². The summed E-state index contributed by atoms with van der Waals surface area (Å²) in [4.78, 5) is 25.0. The van der Waals surface area contributed by atoms with Gasteiger partial charge in [0.15, 0.2) is 0 Å². The SMILES string of the molecule is Cc1nc(Cl)cc(N2CCN(C(=O)Cc3ccccc3Cl)CC2)n1. The first-order valence-electron chi connectivity index (χ1n) is 7.80. The molecule has 1 aliphatic heterocycles. The van der Waals surface area contributed by atoms with Gasteiger partial charge in [0.05, 0.1) is 6.42 Å². The average molecular weight is 365 g/mol. The third kappa shape index (κ3) is 3.97. The van der Waals surface area contributed by atoms with Gasteiger partial charge in [0.1, 0.15) is 16.8 Å². The molecule has 2 heterocycles. The van der Waals surface area contributed by atoms with E-state index in [1.807, 2.05) is 36.1 Å². The Morgan fingerprint density at radius 2 is 1.83 bits per heavy atom. The quantitative estimate of drug-likeness (QED) is 0.785. The van der Waals surface area contributed by atoms with Crippen LogP contribution in [0.5, 0.6) is 0 Å². The van der Waals surface area contributed by atoms with Crippen LogP contribution < -0.4 is 4.90 Å². The van der Waals surface area contributed by atoms with Crippen molar-refractivity contribution in [2.45, 2.75) is 13.3 Å². The van der Waals surface area contributed by atoms with Crippen molar-refractivity contribution in [2.75, 3.05) is 31.1 Å². The number of aryl methyl sites for hydroxylation is 1. The largest absolute Gasteiger partial charge is 0.353 e. The van der Waals surface area contributed by atoms with Crippen molar-refractivity contribution in [1.82, 2.24) is 14.9 Å². The van der Waals surface area contributed by atoms with Gasteiger partial charge < -0.3 is 9.80 Å². The summed E-state index contributed by atoms with van der Waals surface area (Å²) < 4.78 is 0. The molecule has 24 heavy (non-hydrogen) atoms. The Morgan fingerprint density at radius 3 is 2.50 bits per heavy atom. The third-order valence-electron chi connectivity index (χ3n) is 4.05. The van der Waals surface area contributed by atoms with Gasteiger partial charge in [0.2, 0.25) is 5.91 Å². The van der Waals surface area contributed by atoms with E-state index in [0.29, 0.717) is 35.5 Å². The van der Waals surface area contributed by atoms with Crippen molar-refractivity contribution in [1.29, 1.82) is 0 Å². The molecule has 0 aliphatic carbocycles. The molecule has 1 saturated heterocycles. The summed E-state index contributed by atoms with van der Waals surface area (Å²) in [5, 5.41) is 1.07. The first-order valence-corrected chi connectivity index (χ1v) is 8.56. The normalized spacial score (nSPS) is 14.8. The van der Waals surface area contributed by atoms with Crippen LogP contribution in [-0.2, 0) is 11.2 Å². The minimum Gasteiger partial charge on any atom is -0.353 e. The number of amides is 1. The Labute approximate surface area is 151 Å². The standard InChI is InChI=1S/C17H18Cl2N4O/c1-12-20-15(19)11-16(21-12)22-6-8-23(9-7-22)17(24)10-13-4-2-3-5-14(13)18/h2-5,11H,6-10H2,1H3. The van der Waals surface area contributed by atoms with E-state index in [2.05, 4.69) is 14.9 Å². The van der Waals surface area contributed by atoms with Crippen LogP contribution in [0.1, 0.15) is 11.4 Å². The molecule has 0 bridgehead atoms. The Balaban J connectivity index is 1.60. The molecule has 0 radical (unpaired) electrons. The number of hydrogen-bond acceptors (Lipinski definition) is 4. The van der Waals surface area contributed by atoms with E-state index >= 15 is 0 Å². The zero-order valence-corrected chi connectivity index (χ0v) is 14.9. The van der Waals surface area contributed by atoms with Gasteiger partial charge in [-0.2, -0.15) is 0 Å². The summed E-state index contributed by atoms with van der Waals surface area (Å²) in [6.07, 6.45) is 0.331. The summed E-state index contributed by atoms with van der Waals surface area (Å²) in [6.45, 7) is 4.58. The summed E-state index contributed by atoms with van der Waals surface area (Å²) >= 11 is 12.1. The molecular formula is C17H18Cl2N4O. The molecule has 0 atom stereocenters. The molecule has 1 aromatic carbocycles. The maximum Gasteiger partial charge on any atom is 0.227 e. The highest BCUT2D eigenvalue weighted by atomic mass is 35.5. The predicted molar refractivity (Wildman–Crippen MR) is 95.7 cm³/mol. The predicted octanol–water partition coefficient (Wildman–Crippen LogP) is 2.98. The lowest BCUT2D eigenvalue weighted by atomic mass is 10.1. The van der Waals surface area contributed by atoms with E-state index in [1.165, 1.54) is 0 Å². The van der Waals surface area contributed by atoms with E-state index in [4.69, 9.17) is 23.2 Å². The highest BCUT2D eigenvalue weighted by molar-refractivity contribution is 6.31. The van der Waals surface area contributed by atoms with Crippen molar-refractivity contribution in [3.63, 3.8) is 0 Å². The second kappa shape index (κ2) is 7.36. The van der Waals surface area contributed by atoms with Crippen molar-refractivity contribution in [3.05, 3.63) is 51.9 Å². The number of aromatic nitrogens is 2. The van der Waals surface area contributed by atoms with E-state index in [0.717, 1.165) is 24.5 Å². The molecule has 5 nitrogen and oxygen atoms in total. The number of carbonyl (C=O) groups excluding carboxylic acids is 1. The number of halogens is 2. The number of anilines is 1. The molecule has 0 unspecified atom stereocenters. The topological polar surface area (TPSA) is 49.3 Å². The lowest BCUT2D eigenvalue weighted by Gasteiger charge is -2.35. The van der Waals surface area contributed by atoms with Crippen LogP contribution in [0.4, 0.5) is 5.82 Å². The van der Waals surface area contributed by atoms with Gasteiger partial charge in [-0.3, -0.25) is 4.79 Å². The number of rotatable bonds is 3. The lowest BCUT2D eigenvalue weighted by molar-refractivity contribution is -0.130. The van der Waals surface area contributed by atoms with Crippen molar-refractivity contribution in [3.8, 4) is 0 Å². The fourth-order valence-corrected chi connectivity index (χ4v) is 3.20. The zero-order chi connectivity index (χ0) is 17.1. The van der Waals surface area contributed by atoms with Crippen molar-refractivity contribution in [2.24, 2.45) is 0 Å². The fourth-order valence-electron chi connectivity index (χ4n) is 2.78. The monoisotopic (exact) mass is 364 g/mol. The number of piperazine rings is 1. The van der Waals surface area contributed by atoms with E-state index in [9.17, 15) is 4.79 Å². The summed E-state index contributed by atoms with van der Waals surface area (Å²) in [5.74, 6) is 1.56. The molecule has 0 spiro atoms. The molecule has 1 aliphatic rings. The molecule has 126 valence electrons. The van der Waals surface area contributed by atoms with Crippen molar-refractivity contribution < 1.29 is 4.79 Å². The Morgan fingerprint density at radius 1 is 1.12 bits per heavy atom. The van der Waals surface area contributed by atoms with Crippen LogP contribution in [0.15, 0.2) is 30.3 Å². The van der Waals surface area contributed by atoms with Crippen LogP contribution in [0.3, 0.4) is 0 Å². The minimum absolute atomic E-state index is 0.0969. The highest BCUT2D eigenvalue weighted by Gasteiger charge is 2.22. The van der Waals surface area contributed by atoms with Gasteiger partial charge in [0.25, 0.3) is 0 Å². The Bertz CT molecular complexity index is 725. The molecule has 1 amide bonds. The molecule has 7 heteroatoms. The van der Waals surface area contributed by atoms with Crippen molar-refractivity contribution >= 4 is 34.9 Å². The maximum absolute atomic E-state index is 12.5. The molecule has 0 saturated carbocycles. The Kier molecular flexibility index (Phi) is 5.21. The second-order valence-electron chi connectivity index (χ2n) is 5.73. The summed E-state index contributed by atoms with van der Waals surface area (Å²) in [5.41, 5.74) is 0.866. The van der Waals surface area contributed by atoms with Crippen LogP contribution >= 0.6 is 23.2 Å². The maximum atomic E-state index is 12.5. The molecule has 1 aromatic heterocycles. The molecule has 2 aromatic rings. The second-order valence-corrected chi connectivity index (χ2v) is 6.53. The van der Waals surface area contributed by atoms with Gasteiger partial charge in [-0.25, -0.2) is 9.97 Å². The Hall–Kier alpha value is -1.85. The number of benzene rings is 1.